The minimum atomic E-state index is -1.35. The van der Waals surface area contributed by atoms with Crippen molar-refractivity contribution in [3.63, 3.8) is 0 Å². The quantitative estimate of drug-likeness (QED) is 0.816. The lowest BCUT2D eigenvalue weighted by atomic mass is 9.80. The van der Waals surface area contributed by atoms with Crippen LogP contribution >= 0.6 is 0 Å². The Morgan fingerprint density at radius 3 is 2.35 bits per heavy atom. The molecule has 0 radical (unpaired) electrons. The minimum absolute atomic E-state index is 0.00659. The molecule has 3 nitrogen and oxygen atoms in total. The molecule has 2 atom stereocenters. The zero-order valence-corrected chi connectivity index (χ0v) is 15.3. The lowest BCUT2D eigenvalue weighted by Crippen LogP contribution is -2.24. The summed E-state index contributed by atoms with van der Waals surface area (Å²) in [6, 6.07) is 11.1. The Morgan fingerprint density at radius 2 is 1.78 bits per heavy atom. The van der Waals surface area contributed by atoms with Gasteiger partial charge in [-0.2, -0.15) is 0 Å². The smallest absolute Gasteiger partial charge is 0.231 e. The molecule has 0 amide bonds. The highest BCUT2D eigenvalue weighted by molar-refractivity contribution is 7.85. The number of nitrogens with zero attached hydrogens (tertiary/aromatic N) is 1. The number of benzene rings is 1. The van der Waals surface area contributed by atoms with Gasteiger partial charge >= 0.3 is 0 Å². The van der Waals surface area contributed by atoms with Gasteiger partial charge < -0.3 is 0 Å². The molecular weight excluding hydrogens is 306 g/mol. The van der Waals surface area contributed by atoms with Gasteiger partial charge in [0, 0.05) is 17.5 Å². The second kappa shape index (κ2) is 6.83. The van der Waals surface area contributed by atoms with Crippen LogP contribution < -0.4 is 0 Å². The average Bonchev–Trinajstić information content (AvgIpc) is 2.95. The lowest BCUT2D eigenvalue weighted by molar-refractivity contribution is 0.0834. The first-order valence-corrected chi connectivity index (χ1v) is 9.04. The maximum absolute atomic E-state index is 12.8. The Bertz CT molecular complexity index is 708. The molecule has 0 spiro atoms. The highest BCUT2D eigenvalue weighted by Crippen LogP contribution is 2.29. The maximum Gasteiger partial charge on any atom is 0.231 e. The van der Waals surface area contributed by atoms with E-state index >= 15 is 0 Å². The number of hydrogen-bond donors (Lipinski definition) is 0. The van der Waals surface area contributed by atoms with Crippen molar-refractivity contribution in [2.45, 2.75) is 51.0 Å². The fraction of sp³-hybridized carbons (Fsp3) is 0.421. The van der Waals surface area contributed by atoms with Crippen LogP contribution in [0.4, 0.5) is 0 Å². The second-order valence-corrected chi connectivity index (χ2v) is 8.59. The van der Waals surface area contributed by atoms with E-state index in [2.05, 4.69) is 27.7 Å². The Hall–Kier alpha value is -1.68. The van der Waals surface area contributed by atoms with E-state index in [0.717, 1.165) is 5.56 Å². The number of carbonyl (C=O) groups excluding carboxylic acids is 1. The highest BCUT2D eigenvalue weighted by Gasteiger charge is 2.24. The Balaban J connectivity index is 2.24. The van der Waals surface area contributed by atoms with Gasteiger partial charge in [0.2, 0.25) is 5.91 Å². The van der Waals surface area contributed by atoms with E-state index in [1.54, 1.807) is 18.3 Å². The SMILES string of the molecule is Cc1ccc(S(=O)c2cccn2C(=O)C[C@H](C)C(C)(C)C)cc1. The monoisotopic (exact) mass is 331 g/mol. The molecule has 0 aliphatic rings. The Morgan fingerprint density at radius 1 is 1.17 bits per heavy atom. The third-order valence-electron chi connectivity index (χ3n) is 4.36. The van der Waals surface area contributed by atoms with Crippen LogP contribution in [0.15, 0.2) is 52.5 Å². The van der Waals surface area contributed by atoms with Gasteiger partial charge in [-0.1, -0.05) is 45.4 Å². The first-order valence-electron chi connectivity index (χ1n) is 7.89. The molecule has 2 aromatic rings. The topological polar surface area (TPSA) is 39.1 Å². The molecule has 0 saturated heterocycles. The van der Waals surface area contributed by atoms with E-state index in [0.29, 0.717) is 16.3 Å². The van der Waals surface area contributed by atoms with E-state index in [4.69, 9.17) is 0 Å². The first-order chi connectivity index (χ1) is 10.7. The second-order valence-electron chi connectivity index (χ2n) is 7.16. The summed E-state index contributed by atoms with van der Waals surface area (Å²) in [6.07, 6.45) is 2.15. The molecule has 1 aromatic carbocycles. The number of aryl methyl sites for hydroxylation is 1. The molecule has 1 unspecified atom stereocenters. The molecule has 1 heterocycles. The summed E-state index contributed by atoms with van der Waals surface area (Å²) in [5.74, 6) is 0.242. The van der Waals surface area contributed by atoms with E-state index in [1.807, 2.05) is 31.2 Å². The summed E-state index contributed by atoms with van der Waals surface area (Å²) in [5.41, 5.74) is 1.19. The molecule has 0 aliphatic carbocycles. The molecule has 0 N–H and O–H groups in total. The van der Waals surface area contributed by atoms with Crippen molar-refractivity contribution in [3.05, 3.63) is 48.2 Å². The minimum Gasteiger partial charge on any atom is -0.279 e. The van der Waals surface area contributed by atoms with Crippen LogP contribution in [0, 0.1) is 18.3 Å². The van der Waals surface area contributed by atoms with Gasteiger partial charge in [0.15, 0.2) is 0 Å². The van der Waals surface area contributed by atoms with Crippen LogP contribution in [0.25, 0.3) is 0 Å². The fourth-order valence-corrected chi connectivity index (χ4v) is 3.34. The van der Waals surface area contributed by atoms with Crippen molar-refractivity contribution in [2.75, 3.05) is 0 Å². The molecule has 0 aliphatic heterocycles. The van der Waals surface area contributed by atoms with E-state index in [-0.39, 0.29) is 17.2 Å². The van der Waals surface area contributed by atoms with Crippen molar-refractivity contribution < 1.29 is 9.00 Å². The predicted octanol–water partition coefficient (Wildman–Crippen LogP) is 4.68. The van der Waals surface area contributed by atoms with Gasteiger partial charge in [0.05, 0.1) is 0 Å². The first kappa shape index (κ1) is 17.7. The third kappa shape index (κ3) is 4.20. The number of carbonyl (C=O) groups is 1. The third-order valence-corrected chi connectivity index (χ3v) is 5.78. The maximum atomic E-state index is 12.8. The predicted molar refractivity (Wildman–Crippen MR) is 94.1 cm³/mol. The Labute approximate surface area is 141 Å². The fourth-order valence-electron chi connectivity index (χ4n) is 2.17. The zero-order valence-electron chi connectivity index (χ0n) is 14.5. The van der Waals surface area contributed by atoms with Gasteiger partial charge in [-0.3, -0.25) is 9.36 Å². The number of hydrogen-bond acceptors (Lipinski definition) is 2. The summed E-state index contributed by atoms with van der Waals surface area (Å²) in [5, 5.41) is 0.542. The molecule has 0 fully saturated rings. The average molecular weight is 331 g/mol. The van der Waals surface area contributed by atoms with Crippen molar-refractivity contribution in [2.24, 2.45) is 11.3 Å². The van der Waals surface area contributed by atoms with Crippen LogP contribution in [-0.4, -0.2) is 14.7 Å². The summed E-state index contributed by atoms with van der Waals surface area (Å²) < 4.78 is 14.3. The summed E-state index contributed by atoms with van der Waals surface area (Å²) in [4.78, 5) is 13.3. The van der Waals surface area contributed by atoms with Crippen molar-refractivity contribution in [1.29, 1.82) is 0 Å². The summed E-state index contributed by atoms with van der Waals surface area (Å²) >= 11 is 0. The van der Waals surface area contributed by atoms with E-state index in [1.165, 1.54) is 4.57 Å². The molecule has 1 aromatic heterocycles. The van der Waals surface area contributed by atoms with Crippen LogP contribution in [0.1, 0.15) is 44.5 Å². The van der Waals surface area contributed by atoms with Crippen molar-refractivity contribution in [3.8, 4) is 0 Å². The Kier molecular flexibility index (Phi) is 5.25. The van der Waals surface area contributed by atoms with Gasteiger partial charge in [-0.25, -0.2) is 4.21 Å². The lowest BCUT2D eigenvalue weighted by Gasteiger charge is -2.26. The van der Waals surface area contributed by atoms with Gasteiger partial charge in [0.25, 0.3) is 0 Å². The highest BCUT2D eigenvalue weighted by atomic mass is 32.2. The molecule has 23 heavy (non-hydrogen) atoms. The number of rotatable bonds is 4. The van der Waals surface area contributed by atoms with Crippen LogP contribution in [0.2, 0.25) is 0 Å². The van der Waals surface area contributed by atoms with Crippen LogP contribution in [0.3, 0.4) is 0 Å². The van der Waals surface area contributed by atoms with Crippen molar-refractivity contribution >= 4 is 16.7 Å². The normalized spacial score (nSPS) is 14.5. The van der Waals surface area contributed by atoms with Crippen LogP contribution in [0.5, 0.6) is 0 Å². The molecular formula is C19H25NO2S. The largest absolute Gasteiger partial charge is 0.279 e. The molecule has 124 valence electrons. The van der Waals surface area contributed by atoms with E-state index in [9.17, 15) is 9.00 Å². The van der Waals surface area contributed by atoms with Crippen molar-refractivity contribution in [1.82, 2.24) is 4.57 Å². The van der Waals surface area contributed by atoms with Crippen LogP contribution in [-0.2, 0) is 10.8 Å². The van der Waals surface area contributed by atoms with Gasteiger partial charge in [0.1, 0.15) is 15.8 Å². The summed E-state index contributed by atoms with van der Waals surface area (Å²) in [7, 11) is -1.35. The molecule has 2 rings (SSSR count). The van der Waals surface area contributed by atoms with E-state index < -0.39 is 10.8 Å². The standard InChI is InChI=1S/C19H25NO2S/c1-14-8-10-16(11-9-14)23(22)18-7-6-12-20(18)17(21)13-15(2)19(3,4)5/h6-12,15H,13H2,1-5H3/t15-,23?/m0/s1. The van der Waals surface area contributed by atoms with Gasteiger partial charge in [-0.15, -0.1) is 0 Å². The molecule has 4 heteroatoms. The molecule has 0 bridgehead atoms. The summed E-state index contributed by atoms with van der Waals surface area (Å²) in [6.45, 7) is 10.5. The molecule has 0 saturated carbocycles. The zero-order chi connectivity index (χ0) is 17.2. The van der Waals surface area contributed by atoms with Gasteiger partial charge in [-0.05, 0) is 42.5 Å². The number of aromatic nitrogens is 1.